The lowest BCUT2D eigenvalue weighted by Crippen LogP contribution is -2.28. The number of amides is 3. The third-order valence-corrected chi connectivity index (χ3v) is 4.88. The summed E-state index contributed by atoms with van der Waals surface area (Å²) in [5.74, 6) is -0.382. The second kappa shape index (κ2) is 5.88. The molecule has 2 aromatic rings. The summed E-state index contributed by atoms with van der Waals surface area (Å²) in [7, 11) is 0. The maximum Gasteiger partial charge on any atom is 0.321 e. The summed E-state index contributed by atoms with van der Waals surface area (Å²) in [5, 5.41) is 5.69. The lowest BCUT2D eigenvalue weighted by atomic mass is 9.95. The first kappa shape index (κ1) is 15.6. The summed E-state index contributed by atoms with van der Waals surface area (Å²) in [5.41, 5.74) is 1.77. The topological polar surface area (TPSA) is 61.4 Å². The summed E-state index contributed by atoms with van der Waals surface area (Å²) in [6.45, 7) is 1.27. The van der Waals surface area contributed by atoms with Crippen molar-refractivity contribution in [3.05, 3.63) is 59.9 Å². The van der Waals surface area contributed by atoms with E-state index in [1.165, 1.54) is 12.1 Å². The van der Waals surface area contributed by atoms with Gasteiger partial charge in [0.05, 0.1) is 5.41 Å². The van der Waals surface area contributed by atoms with Crippen molar-refractivity contribution in [2.75, 3.05) is 23.3 Å². The molecule has 0 atom stereocenters. The van der Waals surface area contributed by atoms with Crippen molar-refractivity contribution in [1.82, 2.24) is 5.32 Å². The lowest BCUT2D eigenvalue weighted by Gasteiger charge is -2.17. The van der Waals surface area contributed by atoms with Crippen LogP contribution in [0.2, 0.25) is 0 Å². The van der Waals surface area contributed by atoms with E-state index in [-0.39, 0.29) is 17.8 Å². The standard InChI is InChI=1S/C19H18FN3O2/c20-14-3-1-13(2-4-14)19(9-10-19)17(24)22-15-5-7-16(8-6-15)23-12-11-21-18(23)25/h1-8H,9-12H2,(H,21,25)(H,22,24). The number of carbonyl (C=O) groups excluding carboxylic acids is 2. The molecular formula is C19H18FN3O2. The molecule has 25 heavy (non-hydrogen) atoms. The molecule has 3 amide bonds. The van der Waals surface area contributed by atoms with Gasteiger partial charge in [-0.05, 0) is 54.8 Å². The number of rotatable bonds is 4. The van der Waals surface area contributed by atoms with E-state index >= 15 is 0 Å². The molecular weight excluding hydrogens is 321 g/mol. The monoisotopic (exact) mass is 339 g/mol. The molecule has 1 aliphatic heterocycles. The Morgan fingerprint density at radius 1 is 1.08 bits per heavy atom. The van der Waals surface area contributed by atoms with Gasteiger partial charge in [-0.2, -0.15) is 0 Å². The minimum Gasteiger partial charge on any atom is -0.336 e. The number of nitrogens with one attached hydrogen (secondary N) is 2. The molecule has 2 aliphatic rings. The second-order valence-corrected chi connectivity index (χ2v) is 6.47. The van der Waals surface area contributed by atoms with E-state index < -0.39 is 5.41 Å². The Hall–Kier alpha value is -2.89. The zero-order chi connectivity index (χ0) is 17.4. The van der Waals surface area contributed by atoms with Gasteiger partial charge >= 0.3 is 6.03 Å². The molecule has 128 valence electrons. The van der Waals surface area contributed by atoms with E-state index in [1.54, 1.807) is 29.2 Å². The van der Waals surface area contributed by atoms with Crippen LogP contribution < -0.4 is 15.5 Å². The van der Waals surface area contributed by atoms with E-state index in [0.717, 1.165) is 24.1 Å². The van der Waals surface area contributed by atoms with Crippen molar-refractivity contribution >= 4 is 23.3 Å². The van der Waals surface area contributed by atoms with Crippen LogP contribution in [0.3, 0.4) is 0 Å². The van der Waals surface area contributed by atoms with E-state index in [4.69, 9.17) is 0 Å². The predicted molar refractivity (Wildman–Crippen MR) is 93.1 cm³/mol. The molecule has 2 fully saturated rings. The summed E-state index contributed by atoms with van der Waals surface area (Å²) >= 11 is 0. The van der Waals surface area contributed by atoms with Gasteiger partial charge in [0.2, 0.25) is 5.91 Å². The largest absolute Gasteiger partial charge is 0.336 e. The zero-order valence-corrected chi connectivity index (χ0v) is 13.6. The SMILES string of the molecule is O=C1NCCN1c1ccc(NC(=O)C2(c3ccc(F)cc3)CC2)cc1. The van der Waals surface area contributed by atoms with Gasteiger partial charge in [0.1, 0.15) is 5.82 Å². The number of hydrogen-bond acceptors (Lipinski definition) is 2. The molecule has 2 aromatic carbocycles. The van der Waals surface area contributed by atoms with Crippen LogP contribution in [0.5, 0.6) is 0 Å². The van der Waals surface area contributed by atoms with Crippen LogP contribution in [0.15, 0.2) is 48.5 Å². The number of carbonyl (C=O) groups is 2. The normalized spacial score (nSPS) is 18.0. The van der Waals surface area contributed by atoms with Crippen LogP contribution in [0.25, 0.3) is 0 Å². The number of halogens is 1. The van der Waals surface area contributed by atoms with Crippen LogP contribution >= 0.6 is 0 Å². The highest BCUT2D eigenvalue weighted by molar-refractivity contribution is 6.01. The van der Waals surface area contributed by atoms with Crippen molar-refractivity contribution in [2.24, 2.45) is 0 Å². The summed E-state index contributed by atoms with van der Waals surface area (Å²) in [6.07, 6.45) is 1.52. The molecule has 1 saturated carbocycles. The molecule has 4 rings (SSSR count). The van der Waals surface area contributed by atoms with Gasteiger partial charge in [-0.3, -0.25) is 9.69 Å². The van der Waals surface area contributed by atoms with E-state index in [1.807, 2.05) is 12.1 Å². The van der Waals surface area contributed by atoms with Gasteiger partial charge in [0.15, 0.2) is 0 Å². The molecule has 0 aromatic heterocycles. The van der Waals surface area contributed by atoms with Gasteiger partial charge in [-0.1, -0.05) is 12.1 Å². The molecule has 1 saturated heterocycles. The van der Waals surface area contributed by atoms with Crippen molar-refractivity contribution in [3.63, 3.8) is 0 Å². The van der Waals surface area contributed by atoms with Gasteiger partial charge in [-0.25, -0.2) is 9.18 Å². The summed E-state index contributed by atoms with van der Waals surface area (Å²) in [6, 6.07) is 13.2. The Kier molecular flexibility index (Phi) is 3.67. The molecule has 0 spiro atoms. The first-order chi connectivity index (χ1) is 12.1. The number of hydrogen-bond donors (Lipinski definition) is 2. The molecule has 5 nitrogen and oxygen atoms in total. The van der Waals surface area contributed by atoms with Crippen LogP contribution in [-0.4, -0.2) is 25.0 Å². The molecule has 6 heteroatoms. The summed E-state index contributed by atoms with van der Waals surface area (Å²) in [4.78, 5) is 26.0. The van der Waals surface area contributed by atoms with Crippen LogP contribution in [0, 0.1) is 5.82 Å². The Balaban J connectivity index is 1.47. The third kappa shape index (κ3) is 2.84. The highest BCUT2D eigenvalue weighted by Crippen LogP contribution is 2.49. The number of nitrogens with zero attached hydrogens (tertiary/aromatic N) is 1. The van der Waals surface area contributed by atoms with Crippen LogP contribution in [-0.2, 0) is 10.2 Å². The van der Waals surface area contributed by atoms with Gasteiger partial charge in [-0.15, -0.1) is 0 Å². The number of benzene rings is 2. The van der Waals surface area contributed by atoms with Crippen molar-refractivity contribution in [1.29, 1.82) is 0 Å². The van der Waals surface area contributed by atoms with Gasteiger partial charge < -0.3 is 10.6 Å². The molecule has 2 N–H and O–H groups in total. The first-order valence-corrected chi connectivity index (χ1v) is 8.31. The number of anilines is 2. The Morgan fingerprint density at radius 3 is 2.32 bits per heavy atom. The second-order valence-electron chi connectivity index (χ2n) is 6.47. The molecule has 1 heterocycles. The van der Waals surface area contributed by atoms with Gasteiger partial charge in [0, 0.05) is 24.5 Å². The lowest BCUT2D eigenvalue weighted by molar-refractivity contribution is -0.118. The van der Waals surface area contributed by atoms with Crippen molar-refractivity contribution in [2.45, 2.75) is 18.3 Å². The van der Waals surface area contributed by atoms with E-state index in [0.29, 0.717) is 18.8 Å². The fraction of sp³-hybridized carbons (Fsp3) is 0.263. The maximum absolute atomic E-state index is 13.1. The summed E-state index contributed by atoms with van der Waals surface area (Å²) < 4.78 is 13.1. The maximum atomic E-state index is 13.1. The average molecular weight is 339 g/mol. The van der Waals surface area contributed by atoms with Crippen molar-refractivity contribution in [3.8, 4) is 0 Å². The smallest absolute Gasteiger partial charge is 0.321 e. The quantitative estimate of drug-likeness (QED) is 0.899. The average Bonchev–Trinajstić information content (AvgIpc) is 3.32. The Bertz CT molecular complexity index is 814. The van der Waals surface area contributed by atoms with Crippen LogP contribution in [0.4, 0.5) is 20.6 Å². The molecule has 0 radical (unpaired) electrons. The number of urea groups is 1. The minimum absolute atomic E-state index is 0.0780. The molecule has 0 unspecified atom stereocenters. The van der Waals surface area contributed by atoms with Crippen molar-refractivity contribution < 1.29 is 14.0 Å². The van der Waals surface area contributed by atoms with E-state index in [2.05, 4.69) is 10.6 Å². The van der Waals surface area contributed by atoms with Gasteiger partial charge in [0.25, 0.3) is 0 Å². The van der Waals surface area contributed by atoms with Crippen LogP contribution in [0.1, 0.15) is 18.4 Å². The molecule has 1 aliphatic carbocycles. The highest BCUT2D eigenvalue weighted by atomic mass is 19.1. The molecule has 0 bridgehead atoms. The Morgan fingerprint density at radius 2 is 1.76 bits per heavy atom. The van der Waals surface area contributed by atoms with E-state index in [9.17, 15) is 14.0 Å². The fourth-order valence-corrected chi connectivity index (χ4v) is 3.23. The fourth-order valence-electron chi connectivity index (χ4n) is 3.23. The first-order valence-electron chi connectivity index (χ1n) is 8.31. The highest BCUT2D eigenvalue weighted by Gasteiger charge is 2.51. The minimum atomic E-state index is -0.554. The Labute approximate surface area is 144 Å². The third-order valence-electron chi connectivity index (χ3n) is 4.88. The predicted octanol–water partition coefficient (Wildman–Crippen LogP) is 3.03. The zero-order valence-electron chi connectivity index (χ0n) is 13.6.